The molecule has 1 aromatic heterocycles. The number of imidazole rings is 1. The van der Waals surface area contributed by atoms with Gasteiger partial charge >= 0.3 is 0 Å². The molecule has 2 aromatic rings. The quantitative estimate of drug-likeness (QED) is 0.928. The van der Waals surface area contributed by atoms with Crippen molar-refractivity contribution in [3.8, 4) is 5.69 Å². The molecule has 2 N–H and O–H groups in total. The number of halogens is 2. The molecule has 19 heavy (non-hydrogen) atoms. The summed E-state index contributed by atoms with van der Waals surface area (Å²) in [7, 11) is 0. The van der Waals surface area contributed by atoms with Gasteiger partial charge in [0.05, 0.1) is 22.7 Å². The maximum atomic E-state index is 13.6. The summed E-state index contributed by atoms with van der Waals surface area (Å²) in [6.45, 7) is 4.25. The van der Waals surface area contributed by atoms with Gasteiger partial charge in [0.25, 0.3) is 0 Å². The summed E-state index contributed by atoms with van der Waals surface area (Å²) in [6, 6.07) is 4.88. The zero-order valence-corrected chi connectivity index (χ0v) is 12.6. The van der Waals surface area contributed by atoms with E-state index in [1.165, 1.54) is 6.07 Å². The Kier molecular flexibility index (Phi) is 4.37. The van der Waals surface area contributed by atoms with Crippen LogP contribution >= 0.6 is 15.9 Å². The van der Waals surface area contributed by atoms with Crippen molar-refractivity contribution in [2.45, 2.75) is 26.3 Å². The van der Waals surface area contributed by atoms with E-state index in [2.05, 4.69) is 34.8 Å². The second-order valence-electron chi connectivity index (χ2n) is 5.02. The van der Waals surface area contributed by atoms with Crippen LogP contribution in [0.15, 0.2) is 35.2 Å². The van der Waals surface area contributed by atoms with Gasteiger partial charge in [0.2, 0.25) is 0 Å². The highest BCUT2D eigenvalue weighted by Gasteiger charge is 2.14. The van der Waals surface area contributed by atoms with Crippen LogP contribution in [-0.4, -0.2) is 9.55 Å². The van der Waals surface area contributed by atoms with Gasteiger partial charge in [-0.3, -0.25) is 0 Å². The number of aromatic nitrogens is 2. The fourth-order valence-corrected chi connectivity index (χ4v) is 2.31. The first-order valence-electron chi connectivity index (χ1n) is 6.22. The Labute approximate surface area is 120 Å². The van der Waals surface area contributed by atoms with Crippen molar-refractivity contribution >= 4 is 15.9 Å². The van der Waals surface area contributed by atoms with Crippen LogP contribution in [0.4, 0.5) is 4.39 Å². The van der Waals surface area contributed by atoms with E-state index in [-0.39, 0.29) is 11.9 Å². The van der Waals surface area contributed by atoms with E-state index in [4.69, 9.17) is 5.73 Å². The number of nitrogens with two attached hydrogens (primary N) is 1. The molecule has 0 saturated heterocycles. The second kappa shape index (κ2) is 5.84. The fraction of sp³-hybridized carbons (Fsp3) is 0.357. The lowest BCUT2D eigenvalue weighted by Crippen LogP contribution is -2.16. The maximum absolute atomic E-state index is 13.6. The van der Waals surface area contributed by atoms with Crippen LogP contribution in [0.3, 0.4) is 0 Å². The molecule has 0 aliphatic heterocycles. The topological polar surface area (TPSA) is 43.8 Å². The molecule has 0 aliphatic rings. The van der Waals surface area contributed by atoms with E-state index in [1.54, 1.807) is 18.6 Å². The van der Waals surface area contributed by atoms with Gasteiger partial charge in [-0.25, -0.2) is 9.37 Å². The van der Waals surface area contributed by atoms with Crippen LogP contribution in [0.5, 0.6) is 0 Å². The predicted molar refractivity (Wildman–Crippen MR) is 77.6 cm³/mol. The highest BCUT2D eigenvalue weighted by atomic mass is 79.9. The molecule has 0 radical (unpaired) electrons. The monoisotopic (exact) mass is 325 g/mol. The van der Waals surface area contributed by atoms with Gasteiger partial charge in [0, 0.05) is 11.7 Å². The lowest BCUT2D eigenvalue weighted by Gasteiger charge is -2.16. The molecule has 1 heterocycles. The minimum Gasteiger partial charge on any atom is -0.323 e. The first kappa shape index (κ1) is 14.2. The van der Waals surface area contributed by atoms with Crippen molar-refractivity contribution in [1.29, 1.82) is 0 Å². The minimum absolute atomic E-state index is 0.103. The highest BCUT2D eigenvalue weighted by Crippen LogP contribution is 2.24. The largest absolute Gasteiger partial charge is 0.323 e. The van der Waals surface area contributed by atoms with Gasteiger partial charge in [0.1, 0.15) is 5.82 Å². The average Bonchev–Trinajstić information content (AvgIpc) is 2.81. The zero-order valence-electron chi connectivity index (χ0n) is 11.0. The third-order valence-corrected chi connectivity index (χ3v) is 3.60. The number of nitrogens with zero attached hydrogens (tertiary/aromatic N) is 2. The van der Waals surface area contributed by atoms with Crippen LogP contribution in [0.2, 0.25) is 0 Å². The molecule has 1 unspecified atom stereocenters. The number of hydrogen-bond acceptors (Lipinski definition) is 2. The molecule has 2 rings (SSSR count). The van der Waals surface area contributed by atoms with Gasteiger partial charge in [-0.2, -0.15) is 0 Å². The summed E-state index contributed by atoms with van der Waals surface area (Å²) in [5, 5.41) is 0. The standard InChI is InChI=1S/C14H17BrFN3/c1-9(2)5-13(17)14-7-18-8-19(14)10-3-4-11(15)12(16)6-10/h3-4,6-9,13H,5,17H2,1-2H3. The van der Waals surface area contributed by atoms with Crippen molar-refractivity contribution in [2.24, 2.45) is 11.7 Å². The van der Waals surface area contributed by atoms with Crippen molar-refractivity contribution < 1.29 is 4.39 Å². The van der Waals surface area contributed by atoms with Crippen LogP contribution < -0.4 is 5.73 Å². The molecule has 102 valence electrons. The van der Waals surface area contributed by atoms with Gasteiger partial charge in [0.15, 0.2) is 0 Å². The van der Waals surface area contributed by atoms with Crippen LogP contribution in [0.1, 0.15) is 32.0 Å². The third-order valence-electron chi connectivity index (χ3n) is 2.95. The molecule has 0 amide bonds. The molecular weight excluding hydrogens is 309 g/mol. The molecule has 0 spiro atoms. The summed E-state index contributed by atoms with van der Waals surface area (Å²) in [5.74, 6) is 0.203. The van der Waals surface area contributed by atoms with Crippen molar-refractivity contribution in [3.05, 3.63) is 46.7 Å². The summed E-state index contributed by atoms with van der Waals surface area (Å²) >= 11 is 3.15. The molecule has 0 fully saturated rings. The maximum Gasteiger partial charge on any atom is 0.139 e. The third kappa shape index (κ3) is 3.22. The van der Waals surface area contributed by atoms with E-state index in [0.717, 1.165) is 17.8 Å². The van der Waals surface area contributed by atoms with Crippen molar-refractivity contribution in [2.75, 3.05) is 0 Å². The number of hydrogen-bond donors (Lipinski definition) is 1. The molecule has 0 bridgehead atoms. The van der Waals surface area contributed by atoms with Gasteiger partial charge in [-0.1, -0.05) is 13.8 Å². The van der Waals surface area contributed by atoms with Gasteiger partial charge < -0.3 is 10.3 Å². The Morgan fingerprint density at radius 1 is 1.42 bits per heavy atom. The minimum atomic E-state index is -0.297. The Hall–Kier alpha value is -1.20. The lowest BCUT2D eigenvalue weighted by atomic mass is 10.0. The number of benzene rings is 1. The second-order valence-corrected chi connectivity index (χ2v) is 5.88. The first-order valence-corrected chi connectivity index (χ1v) is 7.01. The highest BCUT2D eigenvalue weighted by molar-refractivity contribution is 9.10. The van der Waals surface area contributed by atoms with Crippen molar-refractivity contribution in [3.63, 3.8) is 0 Å². The molecule has 0 aliphatic carbocycles. The molecule has 1 atom stereocenters. The smallest absolute Gasteiger partial charge is 0.139 e. The van der Waals surface area contributed by atoms with Crippen LogP contribution in [0, 0.1) is 11.7 Å². The van der Waals surface area contributed by atoms with E-state index in [9.17, 15) is 4.39 Å². The van der Waals surface area contributed by atoms with Crippen molar-refractivity contribution in [1.82, 2.24) is 9.55 Å². The van der Waals surface area contributed by atoms with Crippen LogP contribution in [-0.2, 0) is 0 Å². The average molecular weight is 326 g/mol. The summed E-state index contributed by atoms with van der Waals surface area (Å²) in [4.78, 5) is 4.13. The summed E-state index contributed by atoms with van der Waals surface area (Å²) in [5.41, 5.74) is 7.81. The van der Waals surface area contributed by atoms with E-state index < -0.39 is 0 Å². The predicted octanol–water partition coefficient (Wildman–Crippen LogP) is 3.82. The van der Waals surface area contributed by atoms with E-state index in [0.29, 0.717) is 10.4 Å². The summed E-state index contributed by atoms with van der Waals surface area (Å²) < 4.78 is 15.9. The Balaban J connectivity index is 2.35. The molecular formula is C14H17BrFN3. The molecule has 5 heteroatoms. The lowest BCUT2D eigenvalue weighted by molar-refractivity contribution is 0.497. The van der Waals surface area contributed by atoms with Crippen LogP contribution in [0.25, 0.3) is 5.69 Å². The van der Waals surface area contributed by atoms with E-state index >= 15 is 0 Å². The van der Waals surface area contributed by atoms with Gasteiger partial charge in [-0.05, 0) is 46.5 Å². The fourth-order valence-electron chi connectivity index (χ4n) is 2.06. The SMILES string of the molecule is CC(C)CC(N)c1cncn1-c1ccc(Br)c(F)c1. The molecule has 3 nitrogen and oxygen atoms in total. The Bertz CT molecular complexity index is 566. The Morgan fingerprint density at radius 3 is 2.79 bits per heavy atom. The zero-order chi connectivity index (χ0) is 14.0. The molecule has 0 saturated carbocycles. The molecule has 1 aromatic carbocycles. The Morgan fingerprint density at radius 2 is 2.16 bits per heavy atom. The normalized spacial score (nSPS) is 12.9. The first-order chi connectivity index (χ1) is 8.99. The van der Waals surface area contributed by atoms with E-state index in [1.807, 2.05) is 10.6 Å². The number of rotatable bonds is 4. The summed E-state index contributed by atoms with van der Waals surface area (Å²) in [6.07, 6.45) is 4.27. The van der Waals surface area contributed by atoms with Gasteiger partial charge in [-0.15, -0.1) is 0 Å².